The van der Waals surface area contributed by atoms with Crippen LogP contribution in [0.15, 0.2) is 47.6 Å². The molecule has 0 spiro atoms. The number of hydrogen-bond acceptors (Lipinski definition) is 7. The average molecular weight is 451 g/mol. The van der Waals surface area contributed by atoms with Gasteiger partial charge in [-0.25, -0.2) is 5.43 Å². The van der Waals surface area contributed by atoms with E-state index in [2.05, 4.69) is 10.5 Å². The maximum Gasteiger partial charge on any atom is 0.275 e. The van der Waals surface area contributed by atoms with Crippen LogP contribution in [0.5, 0.6) is 5.75 Å². The Hall–Kier alpha value is -4.54. The van der Waals surface area contributed by atoms with E-state index in [-0.39, 0.29) is 22.7 Å². The predicted octanol–water partition coefficient (Wildman–Crippen LogP) is 3.99. The SMILES string of the molecule is COc1ccc([N+](=O)[O-])cc1C(=O)N/N=C\c1cc(C)n(-c2cc([N+](=O)[O-])ccc2C)c1C. The summed E-state index contributed by atoms with van der Waals surface area (Å²) < 4.78 is 6.97. The maximum atomic E-state index is 12.5. The first-order valence-electron chi connectivity index (χ1n) is 9.74. The highest BCUT2D eigenvalue weighted by molar-refractivity contribution is 5.98. The van der Waals surface area contributed by atoms with E-state index in [4.69, 9.17) is 4.74 Å². The lowest BCUT2D eigenvalue weighted by atomic mass is 10.1. The predicted molar refractivity (Wildman–Crippen MR) is 121 cm³/mol. The zero-order valence-electron chi connectivity index (χ0n) is 18.4. The normalized spacial score (nSPS) is 10.9. The Morgan fingerprint density at radius 1 is 1.03 bits per heavy atom. The van der Waals surface area contributed by atoms with Crippen LogP contribution in [0.2, 0.25) is 0 Å². The smallest absolute Gasteiger partial charge is 0.275 e. The quantitative estimate of drug-likeness (QED) is 0.327. The molecule has 2 aromatic carbocycles. The Kier molecular flexibility index (Phi) is 6.52. The van der Waals surface area contributed by atoms with E-state index < -0.39 is 15.8 Å². The summed E-state index contributed by atoms with van der Waals surface area (Å²) in [6.07, 6.45) is 1.44. The van der Waals surface area contributed by atoms with Gasteiger partial charge in [-0.15, -0.1) is 0 Å². The topological polar surface area (TPSA) is 142 Å². The van der Waals surface area contributed by atoms with Crippen molar-refractivity contribution in [3.8, 4) is 11.4 Å². The lowest BCUT2D eigenvalue weighted by Crippen LogP contribution is -2.18. The van der Waals surface area contributed by atoms with Crippen LogP contribution in [0.25, 0.3) is 5.69 Å². The van der Waals surface area contributed by atoms with Gasteiger partial charge < -0.3 is 9.30 Å². The van der Waals surface area contributed by atoms with E-state index in [1.807, 2.05) is 31.4 Å². The van der Waals surface area contributed by atoms with Gasteiger partial charge in [-0.05, 0) is 38.5 Å². The van der Waals surface area contributed by atoms with Crippen molar-refractivity contribution in [1.29, 1.82) is 0 Å². The molecule has 0 unspecified atom stereocenters. The molecule has 3 aromatic rings. The second-order valence-corrected chi connectivity index (χ2v) is 7.23. The van der Waals surface area contributed by atoms with Crippen molar-refractivity contribution >= 4 is 23.5 Å². The fourth-order valence-corrected chi connectivity index (χ4v) is 3.45. The zero-order valence-corrected chi connectivity index (χ0v) is 18.4. The molecule has 1 aromatic heterocycles. The number of carbonyl (C=O) groups excluding carboxylic acids is 1. The van der Waals surface area contributed by atoms with Crippen LogP contribution in [0.1, 0.15) is 32.9 Å². The molecule has 1 amide bonds. The number of rotatable bonds is 7. The summed E-state index contributed by atoms with van der Waals surface area (Å²) in [6, 6.07) is 10.2. The molecule has 0 saturated carbocycles. The molecule has 0 bridgehead atoms. The number of carbonyl (C=O) groups is 1. The van der Waals surface area contributed by atoms with Gasteiger partial charge in [0, 0.05) is 41.2 Å². The van der Waals surface area contributed by atoms with E-state index in [1.54, 1.807) is 6.07 Å². The summed E-state index contributed by atoms with van der Waals surface area (Å²) in [5.41, 5.74) is 5.86. The Labute approximate surface area is 188 Å². The number of hydrogen-bond donors (Lipinski definition) is 1. The van der Waals surface area contributed by atoms with Crippen molar-refractivity contribution in [3.05, 3.63) is 90.8 Å². The van der Waals surface area contributed by atoms with Gasteiger partial charge in [0.25, 0.3) is 17.3 Å². The third-order valence-electron chi connectivity index (χ3n) is 5.12. The molecule has 0 aliphatic rings. The van der Waals surface area contributed by atoms with Crippen molar-refractivity contribution < 1.29 is 19.4 Å². The number of amides is 1. The molecule has 0 atom stereocenters. The minimum absolute atomic E-state index is 0.0171. The summed E-state index contributed by atoms with van der Waals surface area (Å²) in [5.74, 6) is -0.497. The van der Waals surface area contributed by atoms with E-state index in [0.29, 0.717) is 11.3 Å². The lowest BCUT2D eigenvalue weighted by molar-refractivity contribution is -0.385. The first-order chi connectivity index (χ1) is 15.6. The number of benzene rings is 2. The minimum atomic E-state index is -0.671. The van der Waals surface area contributed by atoms with Crippen LogP contribution < -0.4 is 10.2 Å². The van der Waals surface area contributed by atoms with Crippen molar-refractivity contribution in [2.75, 3.05) is 7.11 Å². The fraction of sp³-hybridized carbons (Fsp3) is 0.182. The number of methoxy groups -OCH3 is 1. The molecule has 0 aliphatic carbocycles. The highest BCUT2D eigenvalue weighted by Crippen LogP contribution is 2.26. The third-order valence-corrected chi connectivity index (χ3v) is 5.12. The minimum Gasteiger partial charge on any atom is -0.496 e. The highest BCUT2D eigenvalue weighted by atomic mass is 16.6. The summed E-state index contributed by atoms with van der Waals surface area (Å²) in [5, 5.41) is 26.2. The molecule has 0 radical (unpaired) electrons. The molecule has 0 saturated heterocycles. The molecule has 0 aliphatic heterocycles. The number of nitrogens with one attached hydrogen (secondary N) is 1. The van der Waals surface area contributed by atoms with Gasteiger partial charge in [-0.1, -0.05) is 6.07 Å². The third kappa shape index (κ3) is 4.71. The van der Waals surface area contributed by atoms with Crippen molar-refractivity contribution in [2.45, 2.75) is 20.8 Å². The van der Waals surface area contributed by atoms with E-state index >= 15 is 0 Å². The standard InChI is InChI=1S/C22H21N5O6/c1-13-5-6-18(27(31)32)11-20(13)25-14(2)9-16(15(25)3)12-23-24-22(28)19-10-17(26(29)30)7-8-21(19)33-4/h5-12H,1-4H3,(H,24,28)/b23-12-. The molecular weight excluding hydrogens is 430 g/mol. The van der Waals surface area contributed by atoms with Gasteiger partial charge in [0.1, 0.15) is 5.75 Å². The molecule has 0 fully saturated rings. The maximum absolute atomic E-state index is 12.5. The zero-order chi connectivity index (χ0) is 24.3. The van der Waals surface area contributed by atoms with Gasteiger partial charge in [0.15, 0.2) is 0 Å². The summed E-state index contributed by atoms with van der Waals surface area (Å²) in [7, 11) is 1.35. The van der Waals surface area contributed by atoms with Crippen molar-refractivity contribution in [2.24, 2.45) is 5.10 Å². The van der Waals surface area contributed by atoms with Crippen LogP contribution in [0.4, 0.5) is 11.4 Å². The molecule has 1 N–H and O–H groups in total. The fourth-order valence-electron chi connectivity index (χ4n) is 3.45. The molecule has 11 nitrogen and oxygen atoms in total. The van der Waals surface area contributed by atoms with Crippen LogP contribution in [0, 0.1) is 41.0 Å². The number of ether oxygens (including phenoxy) is 1. The van der Waals surface area contributed by atoms with Crippen LogP contribution in [-0.4, -0.2) is 33.6 Å². The van der Waals surface area contributed by atoms with Crippen LogP contribution in [-0.2, 0) is 0 Å². The Bertz CT molecular complexity index is 1290. The first-order valence-corrected chi connectivity index (χ1v) is 9.74. The number of non-ortho nitro benzene ring substituents is 2. The number of nitro groups is 2. The van der Waals surface area contributed by atoms with Crippen LogP contribution in [0.3, 0.4) is 0 Å². The summed E-state index contributed by atoms with van der Waals surface area (Å²) in [6.45, 7) is 5.55. The summed E-state index contributed by atoms with van der Waals surface area (Å²) in [4.78, 5) is 33.7. The molecule has 3 rings (SSSR count). The number of nitro benzene ring substituents is 2. The number of hydrazone groups is 1. The molecular formula is C22H21N5O6. The average Bonchev–Trinajstić information content (AvgIpc) is 3.06. The molecule has 11 heteroatoms. The first kappa shape index (κ1) is 23.1. The van der Waals surface area contributed by atoms with Gasteiger partial charge in [0.05, 0.1) is 34.4 Å². The molecule has 33 heavy (non-hydrogen) atoms. The van der Waals surface area contributed by atoms with E-state index in [0.717, 1.165) is 23.0 Å². The van der Waals surface area contributed by atoms with Gasteiger partial charge in [-0.3, -0.25) is 25.0 Å². The van der Waals surface area contributed by atoms with E-state index in [9.17, 15) is 25.0 Å². The second-order valence-electron chi connectivity index (χ2n) is 7.23. The largest absolute Gasteiger partial charge is 0.496 e. The van der Waals surface area contributed by atoms with Gasteiger partial charge in [0.2, 0.25) is 0 Å². The molecule has 1 heterocycles. The number of aromatic nitrogens is 1. The number of nitrogens with zero attached hydrogens (tertiary/aromatic N) is 4. The van der Waals surface area contributed by atoms with Crippen molar-refractivity contribution in [3.63, 3.8) is 0 Å². The van der Waals surface area contributed by atoms with E-state index in [1.165, 1.54) is 37.6 Å². The van der Waals surface area contributed by atoms with Crippen molar-refractivity contribution in [1.82, 2.24) is 9.99 Å². The Morgan fingerprint density at radius 2 is 1.67 bits per heavy atom. The molecule has 170 valence electrons. The Morgan fingerprint density at radius 3 is 2.30 bits per heavy atom. The van der Waals surface area contributed by atoms with Crippen LogP contribution >= 0.6 is 0 Å². The van der Waals surface area contributed by atoms with Gasteiger partial charge >= 0.3 is 0 Å². The monoisotopic (exact) mass is 451 g/mol. The summed E-state index contributed by atoms with van der Waals surface area (Å²) >= 11 is 0. The lowest BCUT2D eigenvalue weighted by Gasteiger charge is -2.12. The van der Waals surface area contributed by atoms with Gasteiger partial charge in [-0.2, -0.15) is 5.10 Å². The Balaban J connectivity index is 1.88. The highest BCUT2D eigenvalue weighted by Gasteiger charge is 2.18. The second kappa shape index (κ2) is 9.30. The number of aryl methyl sites for hydroxylation is 2.